The molecule has 0 spiro atoms. The third-order valence-corrected chi connectivity index (χ3v) is 7.85. The second kappa shape index (κ2) is 9.78. The largest absolute Gasteiger partial charge is 0.396 e. The lowest BCUT2D eigenvalue weighted by molar-refractivity contribution is -0.128. The molecule has 0 atom stereocenters. The van der Waals surface area contributed by atoms with Crippen molar-refractivity contribution in [2.45, 2.75) is 114 Å². The first-order valence-corrected chi connectivity index (χ1v) is 11.8. The first-order valence-electron chi connectivity index (χ1n) is 11.8. The summed E-state index contributed by atoms with van der Waals surface area (Å²) in [5.74, 6) is 0.0852. The highest BCUT2D eigenvalue weighted by atomic mass is 16.3. The maximum atomic E-state index is 13.0. The molecule has 0 bridgehead atoms. The number of carbonyl (C=O) groups excluding carboxylic acids is 2. The lowest BCUT2D eigenvalue weighted by Gasteiger charge is -2.35. The summed E-state index contributed by atoms with van der Waals surface area (Å²) in [5.41, 5.74) is -0.738. The minimum atomic E-state index is -0.247. The lowest BCUT2D eigenvalue weighted by atomic mass is 9.78. The molecule has 0 aliphatic heterocycles. The third kappa shape index (κ3) is 5.72. The van der Waals surface area contributed by atoms with Gasteiger partial charge in [0.1, 0.15) is 0 Å². The average molecular weight is 409 g/mol. The van der Waals surface area contributed by atoms with Gasteiger partial charge in [0.25, 0.3) is 0 Å². The summed E-state index contributed by atoms with van der Waals surface area (Å²) in [6, 6.07) is 0. The third-order valence-electron chi connectivity index (χ3n) is 7.85. The number of hydrogen-bond acceptors (Lipinski definition) is 4. The molecule has 0 aromatic heterocycles. The van der Waals surface area contributed by atoms with Crippen LogP contribution in [0.3, 0.4) is 0 Å². The Morgan fingerprint density at radius 1 is 0.621 bits per heavy atom. The molecule has 6 nitrogen and oxygen atoms in total. The molecular weight excluding hydrogens is 368 g/mol. The van der Waals surface area contributed by atoms with Gasteiger partial charge in [-0.05, 0) is 56.8 Å². The Morgan fingerprint density at radius 2 is 0.966 bits per heavy atom. The van der Waals surface area contributed by atoms with Crippen molar-refractivity contribution in [3.8, 4) is 0 Å². The SMILES string of the molecule is O=C(CC1(CC(=O)NC2(CCO)CCCC2)CCCC1)NC1(CCO)CCCC1. The molecule has 0 radical (unpaired) electrons. The highest BCUT2D eigenvalue weighted by molar-refractivity contribution is 5.81. The van der Waals surface area contributed by atoms with Crippen molar-refractivity contribution in [2.75, 3.05) is 13.2 Å². The van der Waals surface area contributed by atoms with Gasteiger partial charge in [-0.3, -0.25) is 9.59 Å². The van der Waals surface area contributed by atoms with Crippen molar-refractivity contribution in [1.29, 1.82) is 0 Å². The Kier molecular flexibility index (Phi) is 7.60. The van der Waals surface area contributed by atoms with Crippen LogP contribution in [0.15, 0.2) is 0 Å². The van der Waals surface area contributed by atoms with Crippen molar-refractivity contribution in [3.63, 3.8) is 0 Å². The van der Waals surface area contributed by atoms with Gasteiger partial charge in [0.15, 0.2) is 0 Å². The van der Waals surface area contributed by atoms with E-state index in [-0.39, 0.29) is 41.5 Å². The Labute approximate surface area is 175 Å². The molecule has 2 amide bonds. The fourth-order valence-corrected chi connectivity index (χ4v) is 6.31. The van der Waals surface area contributed by atoms with E-state index >= 15 is 0 Å². The fraction of sp³-hybridized carbons (Fsp3) is 0.913. The standard InChI is InChI=1S/C23H40N2O4/c26-15-13-22(9-3-4-10-22)24-19(28)17-21(7-1-2-8-21)18-20(29)25-23(14-16-27)11-5-6-12-23/h26-27H,1-18H2,(H,24,28)(H,25,29). The Hall–Kier alpha value is -1.14. The van der Waals surface area contributed by atoms with Crippen molar-refractivity contribution in [3.05, 3.63) is 0 Å². The molecule has 0 heterocycles. The molecule has 3 aliphatic rings. The summed E-state index contributed by atoms with van der Waals surface area (Å²) in [4.78, 5) is 25.9. The van der Waals surface area contributed by atoms with E-state index in [1.807, 2.05) is 0 Å². The summed E-state index contributed by atoms with van der Waals surface area (Å²) in [5, 5.41) is 25.4. The summed E-state index contributed by atoms with van der Waals surface area (Å²) in [7, 11) is 0. The molecule has 3 rings (SSSR count). The lowest BCUT2D eigenvalue weighted by Crippen LogP contribution is -2.50. The highest BCUT2D eigenvalue weighted by Gasteiger charge is 2.42. The normalized spacial score (nSPS) is 24.5. The molecule has 29 heavy (non-hydrogen) atoms. The van der Waals surface area contributed by atoms with Crippen LogP contribution < -0.4 is 10.6 Å². The van der Waals surface area contributed by atoms with Crippen LogP contribution in [0.5, 0.6) is 0 Å². The minimum absolute atomic E-state index is 0.0426. The van der Waals surface area contributed by atoms with Gasteiger partial charge in [-0.2, -0.15) is 0 Å². The highest BCUT2D eigenvalue weighted by Crippen LogP contribution is 2.45. The summed E-state index contributed by atoms with van der Waals surface area (Å²) in [6.45, 7) is 0.196. The topological polar surface area (TPSA) is 98.7 Å². The molecule has 3 fully saturated rings. The van der Waals surface area contributed by atoms with Crippen LogP contribution in [0.1, 0.15) is 103 Å². The van der Waals surface area contributed by atoms with E-state index < -0.39 is 0 Å². The average Bonchev–Trinajstić information content (AvgIpc) is 3.38. The molecule has 0 unspecified atom stereocenters. The predicted octanol–water partition coefficient (Wildman–Crippen LogP) is 2.95. The van der Waals surface area contributed by atoms with Gasteiger partial charge in [0, 0.05) is 37.1 Å². The number of rotatable bonds is 10. The van der Waals surface area contributed by atoms with Gasteiger partial charge < -0.3 is 20.8 Å². The summed E-state index contributed by atoms with van der Waals surface area (Å²) < 4.78 is 0. The molecule has 0 saturated heterocycles. The van der Waals surface area contributed by atoms with E-state index in [1.54, 1.807) is 0 Å². The Balaban J connectivity index is 1.60. The fourth-order valence-electron chi connectivity index (χ4n) is 6.31. The zero-order valence-electron chi connectivity index (χ0n) is 17.9. The quantitative estimate of drug-likeness (QED) is 0.447. The van der Waals surface area contributed by atoms with E-state index in [1.165, 1.54) is 0 Å². The van der Waals surface area contributed by atoms with E-state index in [0.717, 1.165) is 77.0 Å². The van der Waals surface area contributed by atoms with Gasteiger partial charge >= 0.3 is 0 Å². The molecule has 0 aromatic carbocycles. The maximum Gasteiger partial charge on any atom is 0.220 e. The minimum Gasteiger partial charge on any atom is -0.396 e. The number of aliphatic hydroxyl groups is 2. The number of amides is 2. The molecule has 3 saturated carbocycles. The predicted molar refractivity (Wildman–Crippen MR) is 112 cm³/mol. The van der Waals surface area contributed by atoms with Gasteiger partial charge in [-0.1, -0.05) is 38.5 Å². The zero-order chi connectivity index (χ0) is 20.8. The van der Waals surface area contributed by atoms with Crippen molar-refractivity contribution < 1.29 is 19.8 Å². The van der Waals surface area contributed by atoms with Crippen molar-refractivity contribution >= 4 is 11.8 Å². The van der Waals surface area contributed by atoms with Crippen LogP contribution >= 0.6 is 0 Å². The Bertz CT molecular complexity index is 515. The van der Waals surface area contributed by atoms with Gasteiger partial charge in [-0.25, -0.2) is 0 Å². The van der Waals surface area contributed by atoms with Crippen LogP contribution in [0.25, 0.3) is 0 Å². The van der Waals surface area contributed by atoms with Gasteiger partial charge in [0.2, 0.25) is 11.8 Å². The van der Waals surface area contributed by atoms with Gasteiger partial charge in [0.05, 0.1) is 0 Å². The number of hydrogen-bond donors (Lipinski definition) is 4. The van der Waals surface area contributed by atoms with Crippen LogP contribution in [-0.4, -0.2) is 46.3 Å². The smallest absolute Gasteiger partial charge is 0.220 e. The molecule has 0 aromatic rings. The van der Waals surface area contributed by atoms with E-state index in [9.17, 15) is 19.8 Å². The van der Waals surface area contributed by atoms with E-state index in [4.69, 9.17) is 0 Å². The van der Waals surface area contributed by atoms with Crippen LogP contribution in [0.4, 0.5) is 0 Å². The zero-order valence-corrected chi connectivity index (χ0v) is 17.9. The van der Waals surface area contributed by atoms with Crippen LogP contribution in [0, 0.1) is 5.41 Å². The van der Waals surface area contributed by atoms with Crippen molar-refractivity contribution in [2.24, 2.45) is 5.41 Å². The Morgan fingerprint density at radius 3 is 1.31 bits per heavy atom. The second-order valence-electron chi connectivity index (χ2n) is 10.1. The second-order valence-corrected chi connectivity index (χ2v) is 10.1. The molecular formula is C23H40N2O4. The first kappa shape index (κ1) is 22.5. The molecule has 166 valence electrons. The van der Waals surface area contributed by atoms with Crippen molar-refractivity contribution in [1.82, 2.24) is 10.6 Å². The monoisotopic (exact) mass is 408 g/mol. The van der Waals surface area contributed by atoms with E-state index in [2.05, 4.69) is 10.6 Å². The van der Waals surface area contributed by atoms with Gasteiger partial charge in [-0.15, -0.1) is 0 Å². The maximum absolute atomic E-state index is 13.0. The summed E-state index contributed by atoms with van der Waals surface area (Å²) >= 11 is 0. The number of aliphatic hydroxyl groups excluding tert-OH is 2. The number of nitrogens with one attached hydrogen (secondary N) is 2. The number of carbonyl (C=O) groups is 2. The summed E-state index contributed by atoms with van der Waals surface area (Å²) in [6.07, 6.45) is 14.2. The molecule has 3 aliphatic carbocycles. The van der Waals surface area contributed by atoms with E-state index in [0.29, 0.717) is 25.7 Å². The van der Waals surface area contributed by atoms with Crippen LogP contribution in [0.2, 0.25) is 0 Å². The first-order chi connectivity index (χ1) is 13.9. The van der Waals surface area contributed by atoms with Crippen LogP contribution in [-0.2, 0) is 9.59 Å². The molecule has 6 heteroatoms. The molecule has 4 N–H and O–H groups in total.